The number of hydrogen-bond acceptors (Lipinski definition) is 3. The third-order valence-electron chi connectivity index (χ3n) is 4.26. The van der Waals surface area contributed by atoms with Gasteiger partial charge in [0, 0.05) is 25.8 Å². The zero-order valence-corrected chi connectivity index (χ0v) is 17.2. The number of unbranched alkanes of at least 4 members (excludes halogenated alkanes) is 3. The molecule has 0 bridgehead atoms. The molecular formula is C18H32IN5. The first-order chi connectivity index (χ1) is 11.3. The lowest BCUT2D eigenvalue weighted by atomic mass is 10.1. The van der Waals surface area contributed by atoms with Crippen molar-refractivity contribution in [2.24, 2.45) is 10.7 Å². The van der Waals surface area contributed by atoms with E-state index in [0.29, 0.717) is 12.5 Å². The van der Waals surface area contributed by atoms with E-state index in [1.54, 1.807) is 0 Å². The van der Waals surface area contributed by atoms with E-state index in [-0.39, 0.29) is 24.0 Å². The number of aromatic nitrogens is 1. The predicted molar refractivity (Wildman–Crippen MR) is 113 cm³/mol. The maximum Gasteiger partial charge on any atom is 0.188 e. The molecule has 0 unspecified atom stereocenters. The summed E-state index contributed by atoms with van der Waals surface area (Å²) in [6.07, 6.45) is 10.7. The molecule has 2 rings (SSSR count). The van der Waals surface area contributed by atoms with Crippen LogP contribution in [0.15, 0.2) is 23.3 Å². The van der Waals surface area contributed by atoms with E-state index in [9.17, 15) is 0 Å². The zero-order valence-electron chi connectivity index (χ0n) is 14.8. The molecule has 1 saturated heterocycles. The second-order valence-corrected chi connectivity index (χ2v) is 6.26. The lowest BCUT2D eigenvalue weighted by Crippen LogP contribution is -2.32. The Balaban J connectivity index is 0.00000288. The minimum atomic E-state index is 0. The highest BCUT2D eigenvalue weighted by molar-refractivity contribution is 14.0. The van der Waals surface area contributed by atoms with Crippen LogP contribution >= 0.6 is 24.0 Å². The van der Waals surface area contributed by atoms with Crippen LogP contribution in [-0.2, 0) is 6.54 Å². The van der Waals surface area contributed by atoms with Gasteiger partial charge in [-0.2, -0.15) is 0 Å². The fraction of sp³-hybridized carbons (Fsp3) is 0.667. The molecule has 2 heterocycles. The van der Waals surface area contributed by atoms with Gasteiger partial charge in [0.1, 0.15) is 5.82 Å². The fourth-order valence-corrected chi connectivity index (χ4v) is 2.86. The highest BCUT2D eigenvalue weighted by Gasteiger charge is 2.12. The van der Waals surface area contributed by atoms with E-state index < -0.39 is 0 Å². The van der Waals surface area contributed by atoms with Crippen LogP contribution in [0.4, 0.5) is 5.82 Å². The molecule has 5 nitrogen and oxygen atoms in total. The van der Waals surface area contributed by atoms with E-state index in [0.717, 1.165) is 37.4 Å². The molecule has 6 heteroatoms. The average molecular weight is 445 g/mol. The van der Waals surface area contributed by atoms with Gasteiger partial charge in [-0.25, -0.2) is 9.98 Å². The third kappa shape index (κ3) is 7.68. The molecule has 1 aliphatic heterocycles. The first kappa shape index (κ1) is 21.0. The molecule has 136 valence electrons. The Morgan fingerprint density at radius 2 is 2.04 bits per heavy atom. The number of rotatable bonds is 8. The summed E-state index contributed by atoms with van der Waals surface area (Å²) in [7, 11) is 0. The summed E-state index contributed by atoms with van der Waals surface area (Å²) in [6, 6.07) is 4.16. The van der Waals surface area contributed by atoms with Gasteiger partial charge in [-0.15, -0.1) is 24.0 Å². The third-order valence-corrected chi connectivity index (χ3v) is 4.26. The maximum atomic E-state index is 5.93. The van der Waals surface area contributed by atoms with Crippen molar-refractivity contribution >= 4 is 35.8 Å². The van der Waals surface area contributed by atoms with Gasteiger partial charge in [0.15, 0.2) is 5.96 Å². The van der Waals surface area contributed by atoms with Crippen molar-refractivity contribution in [2.45, 2.75) is 58.4 Å². The number of hydrogen-bond donors (Lipinski definition) is 2. The first-order valence-corrected chi connectivity index (χ1v) is 9.03. The molecule has 0 amide bonds. The molecule has 1 aromatic heterocycles. The van der Waals surface area contributed by atoms with Crippen LogP contribution < -0.4 is 16.0 Å². The molecule has 3 N–H and O–H groups in total. The highest BCUT2D eigenvalue weighted by atomic mass is 127. The quantitative estimate of drug-likeness (QED) is 0.277. The van der Waals surface area contributed by atoms with Gasteiger partial charge in [-0.05, 0) is 43.4 Å². The Morgan fingerprint density at radius 3 is 2.79 bits per heavy atom. The number of piperidine rings is 1. The molecule has 24 heavy (non-hydrogen) atoms. The largest absolute Gasteiger partial charge is 0.370 e. The van der Waals surface area contributed by atoms with Crippen LogP contribution in [0.2, 0.25) is 0 Å². The molecule has 0 spiro atoms. The molecule has 1 aliphatic rings. The van der Waals surface area contributed by atoms with Gasteiger partial charge in [0.25, 0.3) is 0 Å². The van der Waals surface area contributed by atoms with Crippen molar-refractivity contribution in [3.63, 3.8) is 0 Å². The van der Waals surface area contributed by atoms with Crippen LogP contribution in [0.5, 0.6) is 0 Å². The van der Waals surface area contributed by atoms with Crippen molar-refractivity contribution in [3.8, 4) is 0 Å². The van der Waals surface area contributed by atoms with E-state index in [4.69, 9.17) is 5.73 Å². The Bertz CT molecular complexity index is 486. The van der Waals surface area contributed by atoms with Crippen molar-refractivity contribution in [1.82, 2.24) is 10.3 Å². The Kier molecular flexibility index (Phi) is 10.8. The molecule has 0 aromatic carbocycles. The topological polar surface area (TPSA) is 66.5 Å². The van der Waals surface area contributed by atoms with Crippen molar-refractivity contribution < 1.29 is 0 Å². The monoisotopic (exact) mass is 445 g/mol. The van der Waals surface area contributed by atoms with Gasteiger partial charge in [0.05, 0.1) is 6.54 Å². The number of nitrogens with zero attached hydrogens (tertiary/aromatic N) is 3. The fourth-order valence-electron chi connectivity index (χ4n) is 2.86. The molecule has 1 fully saturated rings. The summed E-state index contributed by atoms with van der Waals surface area (Å²) in [6.45, 7) is 5.96. The predicted octanol–water partition coefficient (Wildman–Crippen LogP) is 3.67. The van der Waals surface area contributed by atoms with Crippen LogP contribution in [0.1, 0.15) is 57.4 Å². The summed E-state index contributed by atoms with van der Waals surface area (Å²) >= 11 is 0. The SMILES string of the molecule is CCCCCCNC(N)=NCc1ccnc(N2CCCCC2)c1.I. The van der Waals surface area contributed by atoms with Gasteiger partial charge in [0.2, 0.25) is 0 Å². The first-order valence-electron chi connectivity index (χ1n) is 9.03. The molecule has 0 saturated carbocycles. The number of pyridine rings is 1. The lowest BCUT2D eigenvalue weighted by molar-refractivity contribution is 0.573. The number of halogens is 1. The summed E-state index contributed by atoms with van der Waals surface area (Å²) in [5.74, 6) is 1.61. The van der Waals surface area contributed by atoms with E-state index in [1.165, 1.54) is 38.5 Å². The second kappa shape index (κ2) is 12.3. The summed E-state index contributed by atoms with van der Waals surface area (Å²) in [5, 5.41) is 3.19. The van der Waals surface area contributed by atoms with Crippen molar-refractivity contribution in [3.05, 3.63) is 23.9 Å². The summed E-state index contributed by atoms with van der Waals surface area (Å²) in [4.78, 5) is 11.3. The molecule has 0 atom stereocenters. The van der Waals surface area contributed by atoms with Gasteiger partial charge in [-0.1, -0.05) is 26.2 Å². The van der Waals surface area contributed by atoms with E-state index in [1.807, 2.05) is 12.3 Å². The second-order valence-electron chi connectivity index (χ2n) is 6.26. The van der Waals surface area contributed by atoms with Gasteiger partial charge >= 0.3 is 0 Å². The lowest BCUT2D eigenvalue weighted by Gasteiger charge is -2.27. The standard InChI is InChI=1S/C18H31N5.HI/c1-2-3-4-6-10-21-18(19)22-15-16-9-11-20-17(14-16)23-12-7-5-8-13-23;/h9,11,14H,2-8,10,12-13,15H2,1H3,(H3,19,21,22);1H. The summed E-state index contributed by atoms with van der Waals surface area (Å²) < 4.78 is 0. The number of nitrogens with two attached hydrogens (primary N) is 1. The number of guanidine groups is 1. The minimum Gasteiger partial charge on any atom is -0.370 e. The van der Waals surface area contributed by atoms with E-state index in [2.05, 4.69) is 33.2 Å². The highest BCUT2D eigenvalue weighted by Crippen LogP contribution is 2.18. The molecule has 1 aromatic rings. The van der Waals surface area contributed by atoms with Gasteiger partial charge < -0.3 is 16.0 Å². The van der Waals surface area contributed by atoms with Crippen molar-refractivity contribution in [1.29, 1.82) is 0 Å². The zero-order chi connectivity index (χ0) is 16.3. The van der Waals surface area contributed by atoms with E-state index >= 15 is 0 Å². The van der Waals surface area contributed by atoms with Crippen LogP contribution in [0, 0.1) is 0 Å². The Hall–Kier alpha value is -1.05. The smallest absolute Gasteiger partial charge is 0.188 e. The van der Waals surface area contributed by atoms with Crippen LogP contribution in [-0.4, -0.2) is 30.6 Å². The molecule has 0 radical (unpaired) electrons. The summed E-state index contributed by atoms with van der Waals surface area (Å²) in [5.41, 5.74) is 7.09. The maximum absolute atomic E-state index is 5.93. The molecular weight excluding hydrogens is 413 g/mol. The number of nitrogens with one attached hydrogen (secondary N) is 1. The minimum absolute atomic E-state index is 0. The van der Waals surface area contributed by atoms with Gasteiger partial charge in [-0.3, -0.25) is 0 Å². The Morgan fingerprint density at radius 1 is 1.25 bits per heavy atom. The van der Waals surface area contributed by atoms with Crippen molar-refractivity contribution in [2.75, 3.05) is 24.5 Å². The van der Waals surface area contributed by atoms with Crippen LogP contribution in [0.3, 0.4) is 0 Å². The molecule has 0 aliphatic carbocycles. The van der Waals surface area contributed by atoms with Crippen LogP contribution in [0.25, 0.3) is 0 Å². The average Bonchev–Trinajstić information content (AvgIpc) is 2.61. The normalized spacial score (nSPS) is 15.0. The number of anilines is 1. The number of aliphatic imine (C=N–C) groups is 1. The Labute approximate surface area is 163 Å².